The summed E-state index contributed by atoms with van der Waals surface area (Å²) in [5, 5.41) is 9.74. The van der Waals surface area contributed by atoms with Crippen LogP contribution in [0.4, 0.5) is 0 Å². The van der Waals surface area contributed by atoms with Crippen LogP contribution in [0.3, 0.4) is 0 Å². The minimum absolute atomic E-state index is 0.102. The van der Waals surface area contributed by atoms with E-state index in [1.807, 2.05) is 19.9 Å². The first-order valence-corrected chi connectivity index (χ1v) is 7.06. The summed E-state index contributed by atoms with van der Waals surface area (Å²) < 4.78 is 0. The summed E-state index contributed by atoms with van der Waals surface area (Å²) in [4.78, 5) is 21.3. The number of rotatable bonds is 5. The zero-order valence-electron chi connectivity index (χ0n) is 12.1. The number of aryl methyl sites for hydroxylation is 2. The maximum atomic E-state index is 12.6. The van der Waals surface area contributed by atoms with Crippen molar-refractivity contribution in [1.82, 2.24) is 14.9 Å². The zero-order valence-corrected chi connectivity index (χ0v) is 12.8. The molecule has 21 heavy (non-hydrogen) atoms. The van der Waals surface area contributed by atoms with Gasteiger partial charge in [0.25, 0.3) is 5.91 Å². The number of halogens is 1. The van der Waals surface area contributed by atoms with E-state index in [0.717, 1.165) is 17.0 Å². The molecule has 0 radical (unpaired) electrons. The number of nitrogens with zero attached hydrogens (tertiary/aromatic N) is 2. The van der Waals surface area contributed by atoms with Gasteiger partial charge in [-0.2, -0.15) is 0 Å². The Balaban J connectivity index is 2.22. The molecule has 1 heterocycles. The second kappa shape index (κ2) is 6.74. The van der Waals surface area contributed by atoms with Crippen LogP contribution < -0.4 is 0 Å². The average Bonchev–Trinajstić information content (AvgIpc) is 2.86. The van der Waals surface area contributed by atoms with Gasteiger partial charge in [-0.1, -0.05) is 17.7 Å². The van der Waals surface area contributed by atoms with E-state index >= 15 is 0 Å². The Morgan fingerprint density at radius 2 is 2.19 bits per heavy atom. The molecule has 0 aliphatic carbocycles. The minimum Gasteiger partial charge on any atom is -0.395 e. The smallest absolute Gasteiger partial charge is 0.254 e. The SMILES string of the molecule is Cc1ccc(C(=O)N(CCO)Cc2nc[nH]c2C)cc1Cl. The van der Waals surface area contributed by atoms with Crippen molar-refractivity contribution in [2.45, 2.75) is 20.4 Å². The molecule has 0 spiro atoms. The molecule has 5 nitrogen and oxygen atoms in total. The molecule has 2 N–H and O–H groups in total. The van der Waals surface area contributed by atoms with Crippen molar-refractivity contribution < 1.29 is 9.90 Å². The van der Waals surface area contributed by atoms with Crippen LogP contribution in [0.2, 0.25) is 5.02 Å². The summed E-state index contributed by atoms with van der Waals surface area (Å²) in [5.74, 6) is -0.173. The molecule has 6 heteroatoms. The number of aromatic nitrogens is 2. The number of carbonyl (C=O) groups excluding carboxylic acids is 1. The number of hydrogen-bond acceptors (Lipinski definition) is 3. The number of amides is 1. The normalized spacial score (nSPS) is 10.7. The van der Waals surface area contributed by atoms with Gasteiger partial charge in [0.2, 0.25) is 0 Å². The van der Waals surface area contributed by atoms with Crippen LogP contribution in [0.25, 0.3) is 0 Å². The minimum atomic E-state index is -0.173. The van der Waals surface area contributed by atoms with Crippen molar-refractivity contribution in [3.63, 3.8) is 0 Å². The van der Waals surface area contributed by atoms with Gasteiger partial charge in [0.15, 0.2) is 0 Å². The lowest BCUT2D eigenvalue weighted by atomic mass is 10.1. The molecule has 0 aliphatic heterocycles. The van der Waals surface area contributed by atoms with E-state index < -0.39 is 0 Å². The molecule has 0 aliphatic rings. The highest BCUT2D eigenvalue weighted by Gasteiger charge is 2.18. The number of benzene rings is 1. The summed E-state index contributed by atoms with van der Waals surface area (Å²) >= 11 is 6.07. The number of aliphatic hydroxyl groups excluding tert-OH is 1. The van der Waals surface area contributed by atoms with Gasteiger partial charge < -0.3 is 15.0 Å². The summed E-state index contributed by atoms with van der Waals surface area (Å²) in [6, 6.07) is 5.21. The lowest BCUT2D eigenvalue weighted by Crippen LogP contribution is -2.33. The van der Waals surface area contributed by atoms with Gasteiger partial charge in [-0.3, -0.25) is 4.79 Å². The Labute approximate surface area is 128 Å². The highest BCUT2D eigenvalue weighted by molar-refractivity contribution is 6.31. The number of aliphatic hydroxyl groups is 1. The standard InChI is InChI=1S/C15H18ClN3O2/c1-10-3-4-12(7-13(10)16)15(21)19(5-6-20)8-14-11(2)17-9-18-14/h3-4,7,9,20H,5-6,8H2,1-2H3,(H,17,18). The lowest BCUT2D eigenvalue weighted by Gasteiger charge is -2.21. The van der Waals surface area contributed by atoms with E-state index in [2.05, 4.69) is 9.97 Å². The molecule has 112 valence electrons. The first kappa shape index (κ1) is 15.5. The molecule has 0 atom stereocenters. The van der Waals surface area contributed by atoms with Crippen molar-refractivity contribution in [3.05, 3.63) is 52.1 Å². The molecular formula is C15H18ClN3O2. The fraction of sp³-hybridized carbons (Fsp3) is 0.333. The summed E-state index contributed by atoms with van der Waals surface area (Å²) in [5.41, 5.74) is 3.12. The molecule has 1 amide bonds. The van der Waals surface area contributed by atoms with E-state index in [1.54, 1.807) is 23.4 Å². The maximum absolute atomic E-state index is 12.6. The number of carbonyl (C=O) groups is 1. The van der Waals surface area contributed by atoms with Gasteiger partial charge in [0.05, 0.1) is 25.2 Å². The van der Waals surface area contributed by atoms with Crippen molar-refractivity contribution in [1.29, 1.82) is 0 Å². The van der Waals surface area contributed by atoms with Gasteiger partial charge in [0.1, 0.15) is 0 Å². The first-order valence-electron chi connectivity index (χ1n) is 6.68. The molecule has 0 bridgehead atoms. The zero-order chi connectivity index (χ0) is 15.4. The molecule has 0 unspecified atom stereocenters. The van der Waals surface area contributed by atoms with E-state index in [9.17, 15) is 9.90 Å². The van der Waals surface area contributed by atoms with Crippen LogP contribution in [0.1, 0.15) is 27.3 Å². The number of imidazole rings is 1. The molecule has 1 aromatic heterocycles. The fourth-order valence-electron chi connectivity index (χ4n) is 2.01. The van der Waals surface area contributed by atoms with Gasteiger partial charge >= 0.3 is 0 Å². The van der Waals surface area contributed by atoms with Crippen LogP contribution in [0.15, 0.2) is 24.5 Å². The monoisotopic (exact) mass is 307 g/mol. The van der Waals surface area contributed by atoms with Crippen molar-refractivity contribution in [3.8, 4) is 0 Å². The quantitative estimate of drug-likeness (QED) is 0.890. The molecule has 2 rings (SSSR count). The number of aromatic amines is 1. The second-order valence-corrected chi connectivity index (χ2v) is 5.30. The Kier molecular flexibility index (Phi) is 4.98. The predicted octanol–water partition coefficient (Wildman–Crippen LogP) is 2.31. The Morgan fingerprint density at radius 1 is 1.43 bits per heavy atom. The summed E-state index contributed by atoms with van der Waals surface area (Å²) in [6.45, 7) is 4.27. The Hall–Kier alpha value is -1.85. The number of H-pyrrole nitrogens is 1. The van der Waals surface area contributed by atoms with E-state index in [-0.39, 0.29) is 19.1 Å². The van der Waals surface area contributed by atoms with Gasteiger partial charge in [-0.15, -0.1) is 0 Å². The molecular weight excluding hydrogens is 290 g/mol. The van der Waals surface area contributed by atoms with Crippen molar-refractivity contribution in [2.24, 2.45) is 0 Å². The Bertz CT molecular complexity index is 640. The van der Waals surface area contributed by atoms with E-state index in [1.165, 1.54) is 0 Å². The van der Waals surface area contributed by atoms with Crippen LogP contribution in [0, 0.1) is 13.8 Å². The third-order valence-electron chi connectivity index (χ3n) is 3.35. The predicted molar refractivity (Wildman–Crippen MR) is 81.3 cm³/mol. The number of hydrogen-bond donors (Lipinski definition) is 2. The topological polar surface area (TPSA) is 69.2 Å². The third-order valence-corrected chi connectivity index (χ3v) is 3.76. The summed E-state index contributed by atoms with van der Waals surface area (Å²) in [7, 11) is 0. The van der Waals surface area contributed by atoms with Crippen LogP contribution in [0.5, 0.6) is 0 Å². The van der Waals surface area contributed by atoms with Gasteiger partial charge in [0, 0.05) is 22.8 Å². The molecule has 2 aromatic rings. The van der Waals surface area contributed by atoms with Crippen LogP contribution in [-0.2, 0) is 6.54 Å². The largest absolute Gasteiger partial charge is 0.395 e. The lowest BCUT2D eigenvalue weighted by molar-refractivity contribution is 0.0705. The average molecular weight is 308 g/mol. The van der Waals surface area contributed by atoms with Gasteiger partial charge in [-0.25, -0.2) is 4.98 Å². The van der Waals surface area contributed by atoms with Crippen molar-refractivity contribution in [2.75, 3.05) is 13.2 Å². The Morgan fingerprint density at radius 3 is 2.76 bits per heavy atom. The second-order valence-electron chi connectivity index (χ2n) is 4.89. The van der Waals surface area contributed by atoms with E-state index in [4.69, 9.17) is 11.6 Å². The van der Waals surface area contributed by atoms with E-state index in [0.29, 0.717) is 17.1 Å². The van der Waals surface area contributed by atoms with Crippen molar-refractivity contribution >= 4 is 17.5 Å². The highest BCUT2D eigenvalue weighted by Crippen LogP contribution is 2.18. The maximum Gasteiger partial charge on any atom is 0.254 e. The highest BCUT2D eigenvalue weighted by atomic mass is 35.5. The molecule has 0 fully saturated rings. The molecule has 0 saturated carbocycles. The molecule has 0 saturated heterocycles. The van der Waals surface area contributed by atoms with Crippen LogP contribution in [-0.4, -0.2) is 39.0 Å². The molecule has 1 aromatic carbocycles. The summed E-state index contributed by atoms with van der Waals surface area (Å²) in [6.07, 6.45) is 1.59. The van der Waals surface area contributed by atoms with Gasteiger partial charge in [-0.05, 0) is 31.5 Å². The third kappa shape index (κ3) is 3.62. The first-order chi connectivity index (χ1) is 10.0. The fourth-order valence-corrected chi connectivity index (χ4v) is 2.19. The number of nitrogens with one attached hydrogen (secondary N) is 1. The van der Waals surface area contributed by atoms with Crippen LogP contribution >= 0.6 is 11.6 Å².